The Bertz CT molecular complexity index is 707. The van der Waals surface area contributed by atoms with E-state index in [4.69, 9.17) is 0 Å². The van der Waals surface area contributed by atoms with Gasteiger partial charge in [0.15, 0.2) is 5.78 Å². The van der Waals surface area contributed by atoms with E-state index in [2.05, 4.69) is 4.98 Å². The molecule has 1 aromatic carbocycles. The van der Waals surface area contributed by atoms with Crippen LogP contribution in [-0.2, 0) is 0 Å². The maximum Gasteiger partial charge on any atom is 0.288 e. The molecule has 1 heterocycles. The molecule has 5 heteroatoms. The van der Waals surface area contributed by atoms with Crippen LogP contribution in [0.1, 0.15) is 17.3 Å². The van der Waals surface area contributed by atoms with Crippen molar-refractivity contribution in [2.45, 2.75) is 6.92 Å². The third-order valence-corrected chi connectivity index (χ3v) is 3.05. The van der Waals surface area contributed by atoms with Gasteiger partial charge in [-0.15, -0.1) is 0 Å². The molecule has 0 bridgehead atoms. The number of Topliss-reactive ketones (excluding diaryl/α,β-unsaturated/α-hetero) is 1. The van der Waals surface area contributed by atoms with Gasteiger partial charge in [0.1, 0.15) is 6.20 Å². The number of fused-ring (bicyclic) bond motifs is 4. The van der Waals surface area contributed by atoms with Crippen molar-refractivity contribution >= 4 is 11.5 Å². The molecule has 1 aliphatic carbocycles. The molecular weight excluding hydrogens is 232 g/mol. The molecule has 0 aliphatic heterocycles. The largest absolute Gasteiger partial charge is 0.294 e. The first kappa shape index (κ1) is 10.6. The summed E-state index contributed by atoms with van der Waals surface area (Å²) in [6, 6.07) is 6.85. The lowest BCUT2D eigenvalue weighted by Crippen LogP contribution is -2.08. The molecule has 0 N–H and O–H groups in total. The van der Waals surface area contributed by atoms with E-state index in [9.17, 15) is 14.9 Å². The fourth-order valence-electron chi connectivity index (χ4n) is 2.23. The Hall–Kier alpha value is -2.56. The zero-order chi connectivity index (χ0) is 12.9. The van der Waals surface area contributed by atoms with E-state index in [1.54, 1.807) is 12.1 Å². The fraction of sp³-hybridized carbons (Fsp3) is 0.0769. The summed E-state index contributed by atoms with van der Waals surface area (Å²) in [7, 11) is 0. The molecule has 0 amide bonds. The lowest BCUT2D eigenvalue weighted by molar-refractivity contribution is -0.385. The summed E-state index contributed by atoms with van der Waals surface area (Å²) in [6.07, 6.45) is 1.24. The van der Waals surface area contributed by atoms with E-state index < -0.39 is 4.92 Å². The number of benzene rings is 1. The van der Waals surface area contributed by atoms with E-state index in [1.165, 1.54) is 19.2 Å². The maximum atomic E-state index is 11.5. The number of nitro groups is 1. The molecular formula is C13H8N2O3. The average Bonchev–Trinajstić information content (AvgIpc) is 2.34. The molecule has 0 unspecified atom stereocenters. The summed E-state index contributed by atoms with van der Waals surface area (Å²) >= 11 is 0. The quantitative estimate of drug-likeness (QED) is 0.392. The molecule has 0 saturated carbocycles. The first-order valence-electron chi connectivity index (χ1n) is 5.38. The highest BCUT2D eigenvalue weighted by atomic mass is 16.6. The van der Waals surface area contributed by atoms with Gasteiger partial charge < -0.3 is 0 Å². The van der Waals surface area contributed by atoms with Gasteiger partial charge in [-0.2, -0.15) is 0 Å². The van der Waals surface area contributed by atoms with E-state index >= 15 is 0 Å². The third-order valence-electron chi connectivity index (χ3n) is 3.05. The monoisotopic (exact) mass is 240 g/mol. The average molecular weight is 240 g/mol. The summed E-state index contributed by atoms with van der Waals surface area (Å²) in [4.78, 5) is 25.8. The predicted octanol–water partition coefficient (Wildman–Crippen LogP) is 2.84. The summed E-state index contributed by atoms with van der Waals surface area (Å²) in [6.45, 7) is 1.48. The molecule has 0 spiro atoms. The van der Waals surface area contributed by atoms with Crippen LogP contribution < -0.4 is 0 Å². The van der Waals surface area contributed by atoms with Crippen LogP contribution in [0.3, 0.4) is 0 Å². The smallest absolute Gasteiger partial charge is 0.288 e. The number of ketones is 1. The van der Waals surface area contributed by atoms with Gasteiger partial charge in [-0.1, -0.05) is 18.2 Å². The Morgan fingerprint density at radius 2 is 2.11 bits per heavy atom. The van der Waals surface area contributed by atoms with Crippen LogP contribution in [0.2, 0.25) is 0 Å². The van der Waals surface area contributed by atoms with Crippen molar-refractivity contribution in [3.63, 3.8) is 0 Å². The minimum Gasteiger partial charge on any atom is -0.294 e. The topological polar surface area (TPSA) is 73.1 Å². The van der Waals surface area contributed by atoms with Crippen LogP contribution in [0, 0.1) is 10.1 Å². The maximum absolute atomic E-state index is 11.5. The second kappa shape index (κ2) is 3.46. The summed E-state index contributed by atoms with van der Waals surface area (Å²) < 4.78 is 0. The van der Waals surface area contributed by atoms with Gasteiger partial charge in [0.2, 0.25) is 0 Å². The van der Waals surface area contributed by atoms with Gasteiger partial charge in [-0.3, -0.25) is 14.9 Å². The molecule has 0 atom stereocenters. The van der Waals surface area contributed by atoms with Gasteiger partial charge >= 0.3 is 0 Å². The lowest BCUT2D eigenvalue weighted by atomic mass is 9.80. The molecule has 88 valence electrons. The summed E-state index contributed by atoms with van der Waals surface area (Å²) in [5.74, 6) is -0.0518. The number of carbonyl (C=O) groups excluding carboxylic acids is 1. The van der Waals surface area contributed by atoms with Crippen LogP contribution in [0.4, 0.5) is 5.69 Å². The highest BCUT2D eigenvalue weighted by Gasteiger charge is 2.29. The molecule has 2 aromatic rings. The SMILES string of the molecule is CC(=O)c1cccc2c1-c1cc([N+](=O)[O-])cnc1-2. The third kappa shape index (κ3) is 1.27. The first-order valence-corrected chi connectivity index (χ1v) is 5.38. The van der Waals surface area contributed by atoms with Gasteiger partial charge in [-0.25, -0.2) is 4.98 Å². The number of carbonyl (C=O) groups is 1. The first-order chi connectivity index (χ1) is 8.59. The Kier molecular flexibility index (Phi) is 2.04. The van der Waals surface area contributed by atoms with E-state index in [1.807, 2.05) is 6.07 Å². The van der Waals surface area contributed by atoms with Crippen molar-refractivity contribution in [2.24, 2.45) is 0 Å². The molecule has 3 rings (SSSR count). The Labute approximate surface area is 102 Å². The lowest BCUT2D eigenvalue weighted by Gasteiger charge is -2.24. The van der Waals surface area contributed by atoms with E-state index in [0.29, 0.717) is 11.1 Å². The van der Waals surface area contributed by atoms with E-state index in [0.717, 1.165) is 16.8 Å². The highest BCUT2D eigenvalue weighted by molar-refractivity contribution is 6.12. The number of pyridine rings is 1. The van der Waals surface area contributed by atoms with Gasteiger partial charge in [-0.05, 0) is 6.92 Å². The van der Waals surface area contributed by atoms with Crippen LogP contribution in [0.25, 0.3) is 22.4 Å². The zero-order valence-corrected chi connectivity index (χ0v) is 9.51. The van der Waals surface area contributed by atoms with Gasteiger partial charge in [0.05, 0.1) is 10.6 Å². The van der Waals surface area contributed by atoms with Crippen LogP contribution in [0.5, 0.6) is 0 Å². The molecule has 1 aliphatic rings. The fourth-order valence-corrected chi connectivity index (χ4v) is 2.23. The normalized spacial score (nSPS) is 11.2. The predicted molar refractivity (Wildman–Crippen MR) is 65.3 cm³/mol. The second-order valence-corrected chi connectivity index (χ2v) is 4.13. The zero-order valence-electron chi connectivity index (χ0n) is 9.51. The summed E-state index contributed by atoms with van der Waals surface area (Å²) in [5, 5.41) is 10.7. The van der Waals surface area contributed by atoms with Crippen molar-refractivity contribution in [1.82, 2.24) is 4.98 Å². The van der Waals surface area contributed by atoms with Crippen LogP contribution in [0.15, 0.2) is 30.5 Å². The van der Waals surface area contributed by atoms with Crippen molar-refractivity contribution in [3.8, 4) is 22.4 Å². The number of hydrogen-bond acceptors (Lipinski definition) is 4. The standard InChI is InChI=1S/C13H8N2O3/c1-7(16)9-3-2-4-10-12(9)11-5-8(15(17)18)6-14-13(10)11/h2-6H,1H3. The van der Waals surface area contributed by atoms with Crippen LogP contribution >= 0.6 is 0 Å². The summed E-state index contributed by atoms with van der Waals surface area (Å²) in [5.41, 5.74) is 3.59. The number of aromatic nitrogens is 1. The van der Waals surface area contributed by atoms with Crippen molar-refractivity contribution in [1.29, 1.82) is 0 Å². The molecule has 18 heavy (non-hydrogen) atoms. The van der Waals surface area contributed by atoms with Gasteiger partial charge in [0, 0.05) is 28.3 Å². The molecule has 0 radical (unpaired) electrons. The number of hydrogen-bond donors (Lipinski definition) is 0. The minimum absolute atomic E-state index is 0.0518. The molecule has 0 saturated heterocycles. The van der Waals surface area contributed by atoms with E-state index in [-0.39, 0.29) is 11.5 Å². The number of rotatable bonds is 2. The Morgan fingerprint density at radius 1 is 1.33 bits per heavy atom. The number of nitrogens with zero attached hydrogens (tertiary/aromatic N) is 2. The van der Waals surface area contributed by atoms with Crippen molar-refractivity contribution < 1.29 is 9.72 Å². The Morgan fingerprint density at radius 3 is 2.78 bits per heavy atom. The van der Waals surface area contributed by atoms with Gasteiger partial charge in [0.25, 0.3) is 5.69 Å². The van der Waals surface area contributed by atoms with Crippen molar-refractivity contribution in [2.75, 3.05) is 0 Å². The highest BCUT2D eigenvalue weighted by Crippen LogP contribution is 2.48. The molecule has 1 aromatic heterocycles. The van der Waals surface area contributed by atoms with Crippen molar-refractivity contribution in [3.05, 3.63) is 46.1 Å². The molecule has 5 nitrogen and oxygen atoms in total. The molecule has 0 fully saturated rings. The van der Waals surface area contributed by atoms with Crippen LogP contribution in [-0.4, -0.2) is 15.7 Å². The minimum atomic E-state index is -0.484. The second-order valence-electron chi connectivity index (χ2n) is 4.13. The Balaban J connectivity index is 2.22.